The molecule has 0 saturated carbocycles. The maximum Gasteiger partial charge on any atom is 0.418 e. The minimum Gasteiger partial charge on any atom is -0.396 e. The molecule has 196 valence electrons. The van der Waals surface area contributed by atoms with Crippen LogP contribution in [0.2, 0.25) is 0 Å². The van der Waals surface area contributed by atoms with Gasteiger partial charge in [0.25, 0.3) is 5.91 Å². The number of anilines is 1. The normalized spacial score (nSPS) is 28.0. The van der Waals surface area contributed by atoms with E-state index in [-0.39, 0.29) is 41.7 Å². The molecule has 37 heavy (non-hydrogen) atoms. The van der Waals surface area contributed by atoms with Gasteiger partial charge in [-0.25, -0.2) is 14.4 Å². The van der Waals surface area contributed by atoms with Gasteiger partial charge in [0.1, 0.15) is 17.3 Å². The van der Waals surface area contributed by atoms with Crippen molar-refractivity contribution in [2.45, 2.75) is 25.4 Å². The molecule has 5 rings (SSSR count). The number of nitrogens with zero attached hydrogens (tertiary/aromatic N) is 4. The first kappa shape index (κ1) is 25.4. The molecule has 0 spiro atoms. The Kier molecular flexibility index (Phi) is 6.78. The van der Waals surface area contributed by atoms with Crippen LogP contribution in [0.25, 0.3) is 0 Å². The number of amidine groups is 1. The van der Waals surface area contributed by atoms with Gasteiger partial charge in [0.15, 0.2) is 0 Å². The Morgan fingerprint density at radius 2 is 1.89 bits per heavy atom. The molecule has 0 aliphatic carbocycles. The van der Waals surface area contributed by atoms with Crippen molar-refractivity contribution >= 4 is 23.6 Å². The van der Waals surface area contributed by atoms with Crippen molar-refractivity contribution in [2.75, 3.05) is 37.7 Å². The fraction of sp³-hybridized carbons (Fsp3) is 0.444. The number of carbonyl (C=O) groups excluding carboxylic acids is 1. The third-order valence-electron chi connectivity index (χ3n) is 7.54. The minimum absolute atomic E-state index is 0.0216. The lowest BCUT2D eigenvalue weighted by atomic mass is 9.89. The lowest BCUT2D eigenvalue weighted by Gasteiger charge is -2.27. The maximum absolute atomic E-state index is 13.8. The van der Waals surface area contributed by atoms with E-state index in [0.717, 1.165) is 42.2 Å². The summed E-state index contributed by atoms with van der Waals surface area (Å²) in [6.07, 6.45) is 2.89. The van der Waals surface area contributed by atoms with Crippen LogP contribution in [0.1, 0.15) is 24.8 Å². The fourth-order valence-corrected chi connectivity index (χ4v) is 5.68. The highest BCUT2D eigenvalue weighted by molar-refractivity contribution is 6.04. The summed E-state index contributed by atoms with van der Waals surface area (Å²) < 4.78 is 54.3. The van der Waals surface area contributed by atoms with E-state index in [1.165, 1.54) is 0 Å². The zero-order chi connectivity index (χ0) is 26.3. The number of alkyl halides is 3. The minimum atomic E-state index is -4.58. The number of halogens is 4. The first-order valence-electron chi connectivity index (χ1n) is 12.4. The van der Waals surface area contributed by atoms with Gasteiger partial charge in [-0.05, 0) is 54.7 Å². The highest BCUT2D eigenvalue weighted by Gasteiger charge is 2.45. The van der Waals surface area contributed by atoms with Crippen molar-refractivity contribution in [1.82, 2.24) is 4.90 Å². The van der Waals surface area contributed by atoms with Crippen LogP contribution in [0.3, 0.4) is 0 Å². The SMILES string of the molecule is C=C1C=C(C(=O)N2C[C@@H]3CN(c4cc(F)ccc4C(F)(F)F)C[C@@H]3C2)N=C2/N=C\C(CCO)=C/CCC12. The van der Waals surface area contributed by atoms with Crippen LogP contribution in [-0.4, -0.2) is 60.7 Å². The average molecular weight is 517 g/mol. The number of carbonyl (C=O) groups is 1. The summed E-state index contributed by atoms with van der Waals surface area (Å²) in [5.74, 6) is -0.567. The molecule has 6 nitrogen and oxygen atoms in total. The summed E-state index contributed by atoms with van der Waals surface area (Å²) in [5, 5.41) is 9.23. The van der Waals surface area contributed by atoms with E-state index in [9.17, 15) is 27.5 Å². The van der Waals surface area contributed by atoms with Crippen LogP contribution >= 0.6 is 0 Å². The van der Waals surface area contributed by atoms with Gasteiger partial charge in [-0.3, -0.25) is 4.79 Å². The van der Waals surface area contributed by atoms with Crippen molar-refractivity contribution in [3.05, 3.63) is 65.2 Å². The molecule has 1 aromatic rings. The Morgan fingerprint density at radius 3 is 2.57 bits per heavy atom. The van der Waals surface area contributed by atoms with Crippen LogP contribution < -0.4 is 4.90 Å². The quantitative estimate of drug-likeness (QED) is 0.604. The van der Waals surface area contributed by atoms with Crippen molar-refractivity contribution < 1.29 is 27.5 Å². The predicted octanol–water partition coefficient (Wildman–Crippen LogP) is 4.38. The molecule has 4 aliphatic heterocycles. The number of fused-ring (bicyclic) bond motifs is 2. The summed E-state index contributed by atoms with van der Waals surface area (Å²) in [5.41, 5.74) is 0.930. The average Bonchev–Trinajstić information content (AvgIpc) is 3.40. The van der Waals surface area contributed by atoms with E-state index in [4.69, 9.17) is 0 Å². The van der Waals surface area contributed by atoms with E-state index in [1.807, 2.05) is 6.08 Å². The van der Waals surface area contributed by atoms with Crippen molar-refractivity contribution in [1.29, 1.82) is 0 Å². The number of rotatable bonds is 4. The van der Waals surface area contributed by atoms with Gasteiger partial charge >= 0.3 is 6.18 Å². The number of allylic oxidation sites excluding steroid dienone is 2. The first-order valence-corrected chi connectivity index (χ1v) is 12.4. The van der Waals surface area contributed by atoms with Crippen molar-refractivity contribution in [2.24, 2.45) is 27.7 Å². The molecular weight excluding hydrogens is 488 g/mol. The molecule has 2 fully saturated rings. The summed E-state index contributed by atoms with van der Waals surface area (Å²) in [6, 6.07) is 2.55. The summed E-state index contributed by atoms with van der Waals surface area (Å²) in [7, 11) is 0. The molecule has 1 unspecified atom stereocenters. The van der Waals surface area contributed by atoms with Crippen LogP contribution in [0.5, 0.6) is 0 Å². The Bertz CT molecular complexity index is 1220. The highest BCUT2D eigenvalue weighted by Crippen LogP contribution is 2.41. The van der Waals surface area contributed by atoms with Crippen LogP contribution in [0.4, 0.5) is 23.2 Å². The molecule has 1 amide bonds. The van der Waals surface area contributed by atoms with E-state index in [2.05, 4.69) is 16.6 Å². The van der Waals surface area contributed by atoms with Crippen LogP contribution in [0, 0.1) is 23.6 Å². The molecule has 0 bridgehead atoms. The second kappa shape index (κ2) is 9.89. The fourth-order valence-electron chi connectivity index (χ4n) is 5.68. The number of hydrogen-bond acceptors (Lipinski definition) is 5. The Hall–Kier alpha value is -3.27. The zero-order valence-electron chi connectivity index (χ0n) is 20.2. The van der Waals surface area contributed by atoms with E-state index < -0.39 is 17.6 Å². The standard InChI is InChI=1S/C27H28F4N4O2/c1-16-9-23(33-25-21(16)4-2-3-17(7-8-36)11-32-25)26(37)35-14-18-12-34(13-19(18)15-35)24-10-20(28)5-6-22(24)27(29,30)31/h3,5-6,9-11,18-19,21,36H,1-2,4,7-8,12-15H2/b17-3-,32-11-/t18-,19+,21?. The molecular formula is C27H28F4N4O2. The van der Waals surface area contributed by atoms with Gasteiger partial charge in [-0.15, -0.1) is 0 Å². The summed E-state index contributed by atoms with van der Waals surface area (Å²) >= 11 is 0. The Morgan fingerprint density at radius 1 is 1.16 bits per heavy atom. The lowest BCUT2D eigenvalue weighted by Crippen LogP contribution is -2.35. The molecule has 0 aromatic heterocycles. The molecule has 1 aromatic carbocycles. The number of hydrogen-bond donors (Lipinski definition) is 1. The van der Waals surface area contributed by atoms with Gasteiger partial charge in [-0.2, -0.15) is 13.2 Å². The largest absolute Gasteiger partial charge is 0.418 e. The number of aliphatic hydroxyl groups excluding tert-OH is 1. The topological polar surface area (TPSA) is 68.5 Å². The van der Waals surface area contributed by atoms with Crippen molar-refractivity contribution in [3.63, 3.8) is 0 Å². The Balaban J connectivity index is 1.29. The highest BCUT2D eigenvalue weighted by atomic mass is 19.4. The van der Waals surface area contributed by atoms with Gasteiger partial charge in [0.05, 0.1) is 11.3 Å². The number of likely N-dealkylation sites (tertiary alicyclic amines) is 1. The van der Waals surface area contributed by atoms with E-state index in [0.29, 0.717) is 38.4 Å². The van der Waals surface area contributed by atoms with Gasteiger partial charge in [0.2, 0.25) is 0 Å². The Labute approximate surface area is 212 Å². The smallest absolute Gasteiger partial charge is 0.396 e. The predicted molar refractivity (Wildman–Crippen MR) is 133 cm³/mol. The molecule has 1 N–H and O–H groups in total. The summed E-state index contributed by atoms with van der Waals surface area (Å²) in [4.78, 5) is 25.7. The second-order valence-electron chi connectivity index (χ2n) is 10.0. The van der Waals surface area contributed by atoms with Gasteiger partial charge < -0.3 is 14.9 Å². The van der Waals surface area contributed by atoms with Gasteiger partial charge in [0, 0.05) is 56.8 Å². The van der Waals surface area contributed by atoms with Crippen molar-refractivity contribution in [3.8, 4) is 0 Å². The van der Waals surface area contributed by atoms with Crippen LogP contribution in [0.15, 0.2) is 63.8 Å². The molecule has 0 radical (unpaired) electrons. The van der Waals surface area contributed by atoms with Gasteiger partial charge in [-0.1, -0.05) is 12.7 Å². The summed E-state index contributed by atoms with van der Waals surface area (Å²) in [6.45, 7) is 5.56. The number of aliphatic hydroxyl groups is 1. The maximum atomic E-state index is 13.8. The van der Waals surface area contributed by atoms with E-state index >= 15 is 0 Å². The molecule has 3 atom stereocenters. The van der Waals surface area contributed by atoms with Crippen LogP contribution in [-0.2, 0) is 11.0 Å². The number of amides is 1. The second-order valence-corrected chi connectivity index (χ2v) is 10.0. The molecule has 2 saturated heterocycles. The molecule has 4 heterocycles. The molecule has 10 heteroatoms. The third-order valence-corrected chi connectivity index (χ3v) is 7.54. The van der Waals surface area contributed by atoms with E-state index in [1.54, 1.807) is 22.1 Å². The monoisotopic (exact) mass is 516 g/mol. The lowest BCUT2D eigenvalue weighted by molar-refractivity contribution is -0.137. The zero-order valence-corrected chi connectivity index (χ0v) is 20.2. The third kappa shape index (κ3) is 5.12. The molecule has 4 aliphatic rings. The number of aliphatic imine (C=N–C) groups is 2. The number of benzene rings is 1. The first-order chi connectivity index (χ1) is 17.6.